The standard InChI is InChI=1S/C14H18N2O2/c1-10(2)8-12-14(18)16(9-13(17)15-12)11-6-4-3-5-7-11/h3-7,10,12H,8-9H2,1-2H3,(H,15,17). The molecule has 1 aliphatic heterocycles. The molecule has 2 rings (SSSR count). The number of carbonyl (C=O) groups is 2. The van der Waals surface area contributed by atoms with Gasteiger partial charge in [0.25, 0.3) is 0 Å². The zero-order chi connectivity index (χ0) is 13.1. The second-order valence-corrected chi connectivity index (χ2v) is 5.01. The van der Waals surface area contributed by atoms with Crippen LogP contribution in [0.4, 0.5) is 5.69 Å². The summed E-state index contributed by atoms with van der Waals surface area (Å²) >= 11 is 0. The number of nitrogens with zero attached hydrogens (tertiary/aromatic N) is 1. The second-order valence-electron chi connectivity index (χ2n) is 5.01. The normalized spacial score (nSPS) is 20.2. The van der Waals surface area contributed by atoms with E-state index in [2.05, 4.69) is 5.32 Å². The third-order valence-electron chi connectivity index (χ3n) is 2.98. The highest BCUT2D eigenvalue weighted by molar-refractivity contribution is 6.06. The lowest BCUT2D eigenvalue weighted by molar-refractivity contribution is -0.131. The van der Waals surface area contributed by atoms with Crippen molar-refractivity contribution in [3.8, 4) is 0 Å². The number of para-hydroxylation sites is 1. The van der Waals surface area contributed by atoms with Gasteiger partial charge >= 0.3 is 0 Å². The fourth-order valence-electron chi connectivity index (χ4n) is 2.17. The molecular formula is C14H18N2O2. The smallest absolute Gasteiger partial charge is 0.250 e. The monoisotopic (exact) mass is 246 g/mol. The van der Waals surface area contributed by atoms with Gasteiger partial charge in [-0.15, -0.1) is 0 Å². The average Bonchev–Trinajstić information content (AvgIpc) is 2.34. The maximum atomic E-state index is 12.3. The van der Waals surface area contributed by atoms with Crippen molar-refractivity contribution < 1.29 is 9.59 Å². The molecule has 4 heteroatoms. The van der Waals surface area contributed by atoms with Gasteiger partial charge in [-0.25, -0.2) is 0 Å². The van der Waals surface area contributed by atoms with E-state index < -0.39 is 6.04 Å². The lowest BCUT2D eigenvalue weighted by Gasteiger charge is -2.33. The molecule has 1 aromatic carbocycles. The Morgan fingerprint density at radius 1 is 1.28 bits per heavy atom. The molecule has 1 aliphatic rings. The minimum atomic E-state index is -0.397. The van der Waals surface area contributed by atoms with Crippen LogP contribution in [0, 0.1) is 5.92 Å². The quantitative estimate of drug-likeness (QED) is 0.880. The Balaban J connectivity index is 2.20. The Labute approximate surface area is 107 Å². The van der Waals surface area contributed by atoms with E-state index in [-0.39, 0.29) is 18.4 Å². The first-order valence-corrected chi connectivity index (χ1v) is 6.23. The highest BCUT2D eigenvalue weighted by Crippen LogP contribution is 2.19. The number of piperazine rings is 1. The number of nitrogens with one attached hydrogen (secondary N) is 1. The molecular weight excluding hydrogens is 228 g/mol. The third kappa shape index (κ3) is 2.70. The van der Waals surface area contributed by atoms with Crippen molar-refractivity contribution in [1.82, 2.24) is 5.32 Å². The zero-order valence-corrected chi connectivity index (χ0v) is 10.7. The molecule has 1 heterocycles. The van der Waals surface area contributed by atoms with E-state index in [0.29, 0.717) is 12.3 Å². The maximum Gasteiger partial charge on any atom is 0.250 e. The summed E-state index contributed by atoms with van der Waals surface area (Å²) in [6.07, 6.45) is 0.675. The minimum absolute atomic E-state index is 0.0190. The van der Waals surface area contributed by atoms with Gasteiger partial charge in [0.15, 0.2) is 0 Å². The van der Waals surface area contributed by atoms with Gasteiger partial charge in [0, 0.05) is 5.69 Å². The number of carbonyl (C=O) groups excluding carboxylic acids is 2. The SMILES string of the molecule is CC(C)CC1NC(=O)CN(c2ccccc2)C1=O. The van der Waals surface area contributed by atoms with Crippen LogP contribution in [-0.2, 0) is 9.59 Å². The molecule has 18 heavy (non-hydrogen) atoms. The Kier molecular flexibility index (Phi) is 3.65. The van der Waals surface area contributed by atoms with E-state index in [1.807, 2.05) is 44.2 Å². The van der Waals surface area contributed by atoms with Crippen molar-refractivity contribution in [3.05, 3.63) is 30.3 Å². The molecule has 0 saturated carbocycles. The number of anilines is 1. The lowest BCUT2D eigenvalue weighted by Crippen LogP contribution is -2.58. The van der Waals surface area contributed by atoms with Crippen molar-refractivity contribution >= 4 is 17.5 Å². The van der Waals surface area contributed by atoms with Crippen molar-refractivity contribution in [2.24, 2.45) is 5.92 Å². The number of rotatable bonds is 3. The average molecular weight is 246 g/mol. The summed E-state index contributed by atoms with van der Waals surface area (Å²) in [5.74, 6) is 0.258. The van der Waals surface area contributed by atoms with Crippen molar-refractivity contribution in [2.45, 2.75) is 26.3 Å². The molecule has 4 nitrogen and oxygen atoms in total. The summed E-state index contributed by atoms with van der Waals surface area (Å²) in [7, 11) is 0. The summed E-state index contributed by atoms with van der Waals surface area (Å²) in [4.78, 5) is 25.6. The van der Waals surface area contributed by atoms with E-state index >= 15 is 0 Å². The Morgan fingerprint density at radius 3 is 2.56 bits per heavy atom. The molecule has 1 unspecified atom stereocenters. The Bertz CT molecular complexity index is 442. The molecule has 2 amide bonds. The molecule has 1 saturated heterocycles. The van der Waals surface area contributed by atoms with Crippen LogP contribution in [0.5, 0.6) is 0 Å². The first-order chi connectivity index (χ1) is 8.58. The molecule has 1 N–H and O–H groups in total. The van der Waals surface area contributed by atoms with Crippen molar-refractivity contribution in [2.75, 3.05) is 11.4 Å². The predicted octanol–water partition coefficient (Wildman–Crippen LogP) is 1.56. The number of hydrogen-bond acceptors (Lipinski definition) is 2. The molecule has 0 radical (unpaired) electrons. The Hall–Kier alpha value is -1.84. The zero-order valence-electron chi connectivity index (χ0n) is 10.7. The number of hydrogen-bond donors (Lipinski definition) is 1. The van der Waals surface area contributed by atoms with E-state index in [1.54, 1.807) is 4.90 Å². The second kappa shape index (κ2) is 5.21. The minimum Gasteiger partial charge on any atom is -0.343 e. The molecule has 0 spiro atoms. The van der Waals surface area contributed by atoms with Crippen LogP contribution < -0.4 is 10.2 Å². The van der Waals surface area contributed by atoms with E-state index in [1.165, 1.54) is 0 Å². The molecule has 1 fully saturated rings. The first-order valence-electron chi connectivity index (χ1n) is 6.23. The molecule has 0 aliphatic carbocycles. The summed E-state index contributed by atoms with van der Waals surface area (Å²) in [6.45, 7) is 4.19. The number of benzene rings is 1. The van der Waals surface area contributed by atoms with Crippen LogP contribution in [-0.4, -0.2) is 24.4 Å². The summed E-state index contributed by atoms with van der Waals surface area (Å²) in [6, 6.07) is 8.93. The molecule has 0 aromatic heterocycles. The van der Waals surface area contributed by atoms with E-state index in [9.17, 15) is 9.59 Å². The Morgan fingerprint density at radius 2 is 1.94 bits per heavy atom. The van der Waals surface area contributed by atoms with Gasteiger partial charge in [0.1, 0.15) is 12.6 Å². The highest BCUT2D eigenvalue weighted by Gasteiger charge is 2.33. The van der Waals surface area contributed by atoms with Crippen LogP contribution in [0.25, 0.3) is 0 Å². The molecule has 0 bridgehead atoms. The van der Waals surface area contributed by atoms with Gasteiger partial charge in [0.2, 0.25) is 11.8 Å². The van der Waals surface area contributed by atoms with Gasteiger partial charge in [0.05, 0.1) is 0 Å². The summed E-state index contributed by atoms with van der Waals surface area (Å²) in [5, 5.41) is 2.77. The number of amides is 2. The van der Waals surface area contributed by atoms with Crippen LogP contribution in [0.1, 0.15) is 20.3 Å². The topological polar surface area (TPSA) is 49.4 Å². The third-order valence-corrected chi connectivity index (χ3v) is 2.98. The van der Waals surface area contributed by atoms with Crippen LogP contribution >= 0.6 is 0 Å². The predicted molar refractivity (Wildman–Crippen MR) is 70.2 cm³/mol. The van der Waals surface area contributed by atoms with E-state index in [0.717, 1.165) is 5.69 Å². The molecule has 96 valence electrons. The van der Waals surface area contributed by atoms with Gasteiger partial charge in [-0.1, -0.05) is 32.0 Å². The lowest BCUT2D eigenvalue weighted by atomic mass is 10.0. The largest absolute Gasteiger partial charge is 0.343 e. The molecule has 1 aromatic rings. The fraction of sp³-hybridized carbons (Fsp3) is 0.429. The maximum absolute atomic E-state index is 12.3. The summed E-state index contributed by atoms with van der Waals surface area (Å²) < 4.78 is 0. The summed E-state index contributed by atoms with van der Waals surface area (Å²) in [5.41, 5.74) is 0.783. The van der Waals surface area contributed by atoms with Gasteiger partial charge < -0.3 is 10.2 Å². The van der Waals surface area contributed by atoms with Gasteiger partial charge in [-0.2, -0.15) is 0 Å². The van der Waals surface area contributed by atoms with Crippen LogP contribution in [0.2, 0.25) is 0 Å². The van der Waals surface area contributed by atoms with Crippen LogP contribution in [0.15, 0.2) is 30.3 Å². The van der Waals surface area contributed by atoms with Gasteiger partial charge in [-0.3, -0.25) is 9.59 Å². The van der Waals surface area contributed by atoms with Crippen LogP contribution in [0.3, 0.4) is 0 Å². The fourth-order valence-corrected chi connectivity index (χ4v) is 2.17. The first kappa shape index (κ1) is 12.6. The van der Waals surface area contributed by atoms with E-state index in [4.69, 9.17) is 0 Å². The van der Waals surface area contributed by atoms with Crippen molar-refractivity contribution in [1.29, 1.82) is 0 Å². The highest BCUT2D eigenvalue weighted by atomic mass is 16.2. The van der Waals surface area contributed by atoms with Crippen molar-refractivity contribution in [3.63, 3.8) is 0 Å². The van der Waals surface area contributed by atoms with Gasteiger partial charge in [-0.05, 0) is 24.5 Å². The molecule has 1 atom stereocenters.